The maximum atomic E-state index is 12.5. The molecule has 2 aliphatic rings. The molecule has 0 radical (unpaired) electrons. The van der Waals surface area contributed by atoms with Crippen LogP contribution in [0.5, 0.6) is 0 Å². The van der Waals surface area contributed by atoms with Crippen LogP contribution in [-0.2, 0) is 19.1 Å². The highest BCUT2D eigenvalue weighted by molar-refractivity contribution is 5.91. The van der Waals surface area contributed by atoms with Crippen LogP contribution in [0.4, 0.5) is 0 Å². The first kappa shape index (κ1) is 13.8. The van der Waals surface area contributed by atoms with Gasteiger partial charge in [-0.25, -0.2) is 0 Å². The number of amides is 3. The van der Waals surface area contributed by atoms with Crippen LogP contribution < -0.4 is 5.32 Å². The average molecular weight is 269 g/mol. The molecule has 0 aromatic rings. The molecule has 0 aliphatic carbocycles. The molecule has 7 heteroatoms. The van der Waals surface area contributed by atoms with Gasteiger partial charge in [0.25, 0.3) is 5.91 Å². The molecule has 1 N–H and O–H groups in total. The van der Waals surface area contributed by atoms with Gasteiger partial charge in [-0.05, 0) is 6.92 Å². The number of rotatable bonds is 1. The topological polar surface area (TPSA) is 79.0 Å². The summed E-state index contributed by atoms with van der Waals surface area (Å²) in [5, 5.41) is 2.67. The Morgan fingerprint density at radius 1 is 1.32 bits per heavy atom. The molecule has 2 rings (SSSR count). The zero-order valence-corrected chi connectivity index (χ0v) is 11.3. The predicted molar refractivity (Wildman–Crippen MR) is 66.2 cm³/mol. The van der Waals surface area contributed by atoms with Crippen molar-refractivity contribution in [3.63, 3.8) is 0 Å². The van der Waals surface area contributed by atoms with Gasteiger partial charge in [-0.3, -0.25) is 14.4 Å². The van der Waals surface area contributed by atoms with Crippen molar-refractivity contribution < 1.29 is 19.1 Å². The maximum Gasteiger partial charge on any atom is 0.256 e. The van der Waals surface area contributed by atoms with E-state index >= 15 is 0 Å². The van der Waals surface area contributed by atoms with Crippen molar-refractivity contribution >= 4 is 17.7 Å². The number of nitrogens with one attached hydrogen (secondary N) is 1. The van der Waals surface area contributed by atoms with Crippen LogP contribution in [0.25, 0.3) is 0 Å². The lowest BCUT2D eigenvalue weighted by Crippen LogP contribution is -2.62. The van der Waals surface area contributed by atoms with Gasteiger partial charge in [-0.1, -0.05) is 0 Å². The lowest BCUT2D eigenvalue weighted by Gasteiger charge is -2.42. The molecule has 0 saturated carbocycles. The van der Waals surface area contributed by atoms with Gasteiger partial charge < -0.3 is 19.9 Å². The Kier molecular flexibility index (Phi) is 3.75. The third-order valence-corrected chi connectivity index (χ3v) is 3.50. The summed E-state index contributed by atoms with van der Waals surface area (Å²) in [6, 6.07) is 0. The van der Waals surface area contributed by atoms with Crippen LogP contribution in [0.15, 0.2) is 0 Å². The normalized spacial score (nSPS) is 28.0. The second-order valence-electron chi connectivity index (χ2n) is 5.10. The molecule has 2 saturated heterocycles. The fourth-order valence-corrected chi connectivity index (χ4v) is 2.41. The van der Waals surface area contributed by atoms with Gasteiger partial charge in [0, 0.05) is 26.6 Å². The highest BCUT2D eigenvalue weighted by Gasteiger charge is 2.43. The van der Waals surface area contributed by atoms with Crippen LogP contribution in [0, 0.1) is 0 Å². The van der Waals surface area contributed by atoms with Gasteiger partial charge in [0.1, 0.15) is 0 Å². The van der Waals surface area contributed by atoms with E-state index in [1.54, 1.807) is 11.8 Å². The number of ether oxygens (including phenoxy) is 1. The summed E-state index contributed by atoms with van der Waals surface area (Å²) in [7, 11) is 0. The van der Waals surface area contributed by atoms with E-state index in [2.05, 4.69) is 5.32 Å². The molecule has 3 amide bonds. The molecule has 19 heavy (non-hydrogen) atoms. The first-order valence-electron chi connectivity index (χ1n) is 6.38. The fourth-order valence-electron chi connectivity index (χ4n) is 2.41. The molecule has 7 nitrogen and oxygen atoms in total. The molecule has 0 bridgehead atoms. The van der Waals surface area contributed by atoms with Crippen LogP contribution >= 0.6 is 0 Å². The van der Waals surface area contributed by atoms with Crippen molar-refractivity contribution in [3.05, 3.63) is 0 Å². The highest BCUT2D eigenvalue weighted by Crippen LogP contribution is 2.21. The number of morpholine rings is 1. The van der Waals surface area contributed by atoms with Crippen molar-refractivity contribution in [2.45, 2.75) is 19.4 Å². The highest BCUT2D eigenvalue weighted by atomic mass is 16.5. The zero-order chi connectivity index (χ0) is 14.0. The Morgan fingerprint density at radius 3 is 2.68 bits per heavy atom. The van der Waals surface area contributed by atoms with Gasteiger partial charge >= 0.3 is 0 Å². The SMILES string of the molecule is CC(=O)N1CCO[C@@](C)(C(=O)N2CCNC(=O)C2)C1. The summed E-state index contributed by atoms with van der Waals surface area (Å²) < 4.78 is 5.58. The molecule has 2 aliphatic heterocycles. The predicted octanol–water partition coefficient (Wildman–Crippen LogP) is -1.42. The Balaban J connectivity index is 2.07. The van der Waals surface area contributed by atoms with E-state index in [1.165, 1.54) is 11.8 Å². The third kappa shape index (κ3) is 2.86. The Morgan fingerprint density at radius 2 is 2.05 bits per heavy atom. The van der Waals surface area contributed by atoms with E-state index < -0.39 is 5.60 Å². The lowest BCUT2D eigenvalue weighted by molar-refractivity contribution is -0.172. The minimum atomic E-state index is -1.05. The summed E-state index contributed by atoms with van der Waals surface area (Å²) >= 11 is 0. The number of piperazine rings is 1. The summed E-state index contributed by atoms with van der Waals surface area (Å²) in [5.41, 5.74) is -1.05. The first-order valence-corrected chi connectivity index (χ1v) is 6.38. The number of hydrogen-bond donors (Lipinski definition) is 1. The largest absolute Gasteiger partial charge is 0.362 e. The summed E-state index contributed by atoms with van der Waals surface area (Å²) in [5.74, 6) is -0.463. The minimum Gasteiger partial charge on any atom is -0.362 e. The van der Waals surface area contributed by atoms with Gasteiger partial charge in [-0.15, -0.1) is 0 Å². The average Bonchev–Trinajstić information content (AvgIpc) is 2.38. The molecule has 0 unspecified atom stereocenters. The smallest absolute Gasteiger partial charge is 0.256 e. The van der Waals surface area contributed by atoms with Crippen molar-refractivity contribution in [1.82, 2.24) is 15.1 Å². The van der Waals surface area contributed by atoms with Gasteiger partial charge in [-0.2, -0.15) is 0 Å². The van der Waals surface area contributed by atoms with E-state index in [9.17, 15) is 14.4 Å². The zero-order valence-electron chi connectivity index (χ0n) is 11.3. The molecule has 1 atom stereocenters. The molecule has 106 valence electrons. The van der Waals surface area contributed by atoms with Crippen molar-refractivity contribution in [2.24, 2.45) is 0 Å². The molecular weight excluding hydrogens is 250 g/mol. The van der Waals surface area contributed by atoms with Gasteiger partial charge in [0.2, 0.25) is 11.8 Å². The van der Waals surface area contributed by atoms with Crippen LogP contribution in [0.1, 0.15) is 13.8 Å². The standard InChI is InChI=1S/C12H19N3O4/c1-9(16)15-5-6-19-12(2,8-15)11(18)14-4-3-13-10(17)7-14/h3-8H2,1-2H3,(H,13,17)/t12-/m1/s1. The summed E-state index contributed by atoms with van der Waals surface area (Å²) in [6.07, 6.45) is 0. The van der Waals surface area contributed by atoms with E-state index in [0.717, 1.165) is 0 Å². The van der Waals surface area contributed by atoms with Crippen LogP contribution in [0.3, 0.4) is 0 Å². The van der Waals surface area contributed by atoms with Crippen molar-refractivity contribution in [1.29, 1.82) is 0 Å². The number of hydrogen-bond acceptors (Lipinski definition) is 4. The maximum absolute atomic E-state index is 12.5. The van der Waals surface area contributed by atoms with Gasteiger partial charge in [0.15, 0.2) is 5.60 Å². The molecule has 2 heterocycles. The second-order valence-corrected chi connectivity index (χ2v) is 5.10. The summed E-state index contributed by atoms with van der Waals surface area (Å²) in [6.45, 7) is 5.21. The number of carbonyl (C=O) groups is 3. The molecule has 0 aromatic carbocycles. The van der Waals surface area contributed by atoms with Crippen LogP contribution in [-0.4, -0.2) is 72.5 Å². The van der Waals surface area contributed by atoms with Crippen LogP contribution in [0.2, 0.25) is 0 Å². The molecule has 2 fully saturated rings. The Labute approximate surface area is 111 Å². The molecule has 0 spiro atoms. The number of nitrogens with zero attached hydrogens (tertiary/aromatic N) is 2. The lowest BCUT2D eigenvalue weighted by atomic mass is 10.0. The van der Waals surface area contributed by atoms with E-state index in [-0.39, 0.29) is 30.8 Å². The quantitative estimate of drug-likeness (QED) is 0.634. The first-order chi connectivity index (χ1) is 8.92. The molecular formula is C12H19N3O4. The van der Waals surface area contributed by atoms with E-state index in [0.29, 0.717) is 26.2 Å². The minimum absolute atomic E-state index is 0.0534. The molecule has 0 aromatic heterocycles. The van der Waals surface area contributed by atoms with E-state index in [1.807, 2.05) is 0 Å². The van der Waals surface area contributed by atoms with E-state index in [4.69, 9.17) is 4.74 Å². The second kappa shape index (κ2) is 5.16. The van der Waals surface area contributed by atoms with Crippen molar-refractivity contribution in [3.8, 4) is 0 Å². The Hall–Kier alpha value is -1.63. The Bertz CT molecular complexity index is 412. The summed E-state index contributed by atoms with van der Waals surface area (Å²) in [4.78, 5) is 38.3. The fraction of sp³-hybridized carbons (Fsp3) is 0.750. The number of carbonyl (C=O) groups excluding carboxylic acids is 3. The van der Waals surface area contributed by atoms with Crippen molar-refractivity contribution in [2.75, 3.05) is 39.3 Å². The monoisotopic (exact) mass is 269 g/mol. The van der Waals surface area contributed by atoms with Gasteiger partial charge in [0.05, 0.1) is 19.7 Å². The third-order valence-electron chi connectivity index (χ3n) is 3.50.